The van der Waals surface area contributed by atoms with E-state index < -0.39 is 5.97 Å². The van der Waals surface area contributed by atoms with Crippen LogP contribution in [0, 0.1) is 0 Å². The largest absolute Gasteiger partial charge is 0.464 e. The van der Waals surface area contributed by atoms with Crippen LogP contribution in [0.15, 0.2) is 11.3 Å². The summed E-state index contributed by atoms with van der Waals surface area (Å²) in [5, 5.41) is 2.64. The molecular weight excluding hydrogens is 190 g/mol. The van der Waals surface area contributed by atoms with Gasteiger partial charge < -0.3 is 19.5 Å². The average molecular weight is 201 g/mol. The van der Waals surface area contributed by atoms with Gasteiger partial charge in [-0.3, -0.25) is 4.79 Å². The van der Waals surface area contributed by atoms with Gasteiger partial charge in [-0.1, -0.05) is 0 Å². The molecule has 0 unspecified atom stereocenters. The predicted molar refractivity (Wildman–Crippen MR) is 45.0 cm³/mol. The molecule has 0 aliphatic carbocycles. The third-order valence-electron chi connectivity index (χ3n) is 1.63. The molecule has 0 amide bonds. The summed E-state index contributed by atoms with van der Waals surface area (Å²) >= 11 is 0. The van der Waals surface area contributed by atoms with Crippen LogP contribution in [0.4, 0.5) is 0 Å². The van der Waals surface area contributed by atoms with Gasteiger partial charge in [-0.05, 0) is 0 Å². The lowest BCUT2D eigenvalue weighted by Crippen LogP contribution is -2.30. The highest BCUT2D eigenvalue weighted by Crippen LogP contribution is 2.04. The zero-order valence-electron chi connectivity index (χ0n) is 7.74. The van der Waals surface area contributed by atoms with Gasteiger partial charge in [0.1, 0.15) is 19.2 Å². The highest BCUT2D eigenvalue weighted by molar-refractivity contribution is 5.94. The Hall–Kier alpha value is -1.40. The van der Waals surface area contributed by atoms with Gasteiger partial charge in [0.25, 0.3) is 0 Å². The molecule has 14 heavy (non-hydrogen) atoms. The summed E-state index contributed by atoms with van der Waals surface area (Å²) in [5.74, 6) is -0.610. The van der Waals surface area contributed by atoms with Gasteiger partial charge in [0.15, 0.2) is 6.29 Å². The Balaban J connectivity index is 2.87. The van der Waals surface area contributed by atoms with Crippen molar-refractivity contribution in [3.05, 3.63) is 11.3 Å². The van der Waals surface area contributed by atoms with E-state index in [1.165, 1.54) is 7.11 Å². The van der Waals surface area contributed by atoms with Crippen molar-refractivity contribution in [3.63, 3.8) is 0 Å². The second-order valence-corrected chi connectivity index (χ2v) is 2.50. The second-order valence-electron chi connectivity index (χ2n) is 2.50. The van der Waals surface area contributed by atoms with Gasteiger partial charge in [0.05, 0.1) is 13.7 Å². The van der Waals surface area contributed by atoms with E-state index in [1.807, 2.05) is 0 Å². The number of rotatable bonds is 2. The number of esters is 1. The van der Waals surface area contributed by atoms with Crippen molar-refractivity contribution in [1.29, 1.82) is 0 Å². The molecule has 6 heteroatoms. The smallest absolute Gasteiger partial charge is 0.354 e. The van der Waals surface area contributed by atoms with E-state index in [-0.39, 0.29) is 31.4 Å². The van der Waals surface area contributed by atoms with E-state index in [2.05, 4.69) is 10.1 Å². The second kappa shape index (κ2) is 5.36. The van der Waals surface area contributed by atoms with Crippen LogP contribution in [0.25, 0.3) is 0 Å². The van der Waals surface area contributed by atoms with E-state index in [0.29, 0.717) is 6.29 Å². The van der Waals surface area contributed by atoms with Gasteiger partial charge in [0, 0.05) is 5.57 Å². The highest BCUT2D eigenvalue weighted by Gasteiger charge is 2.17. The van der Waals surface area contributed by atoms with Crippen molar-refractivity contribution >= 4 is 12.3 Å². The van der Waals surface area contributed by atoms with Crippen LogP contribution >= 0.6 is 0 Å². The average Bonchev–Trinajstić information content (AvgIpc) is 2.17. The molecule has 0 fully saturated rings. The van der Waals surface area contributed by atoms with Crippen molar-refractivity contribution in [3.8, 4) is 0 Å². The van der Waals surface area contributed by atoms with Crippen LogP contribution in [0.5, 0.6) is 0 Å². The predicted octanol–water partition coefficient (Wildman–Crippen LogP) is -0.836. The standard InChI is InChI=1S/C8H11NO5/c1-12-8(11)7-6(2-10)3-13-5-14-4-9-7/h2,9H,3-5H2,1H3/b7-6-. The minimum Gasteiger partial charge on any atom is -0.464 e. The van der Waals surface area contributed by atoms with Crippen molar-refractivity contribution in [1.82, 2.24) is 5.32 Å². The van der Waals surface area contributed by atoms with E-state index in [4.69, 9.17) is 9.47 Å². The lowest BCUT2D eigenvalue weighted by Gasteiger charge is -2.16. The maximum absolute atomic E-state index is 11.2. The molecule has 78 valence electrons. The minimum atomic E-state index is -0.610. The summed E-state index contributed by atoms with van der Waals surface area (Å²) in [7, 11) is 1.24. The molecule has 0 aromatic heterocycles. The molecule has 0 atom stereocenters. The Morgan fingerprint density at radius 1 is 1.57 bits per heavy atom. The molecule has 0 aromatic rings. The number of ether oxygens (including phenoxy) is 3. The van der Waals surface area contributed by atoms with E-state index in [1.54, 1.807) is 0 Å². The summed E-state index contributed by atoms with van der Waals surface area (Å²) < 4.78 is 14.3. The SMILES string of the molecule is COC(=O)/C1=C(\C=O)COCOCN1. The van der Waals surface area contributed by atoms with Gasteiger partial charge in [0.2, 0.25) is 0 Å². The summed E-state index contributed by atoms with van der Waals surface area (Å²) in [6.45, 7) is 0.210. The maximum Gasteiger partial charge on any atom is 0.354 e. The molecule has 0 saturated heterocycles. The summed E-state index contributed by atoms with van der Waals surface area (Å²) in [5.41, 5.74) is 0.308. The third-order valence-corrected chi connectivity index (χ3v) is 1.63. The lowest BCUT2D eigenvalue weighted by molar-refractivity contribution is -0.138. The first-order chi connectivity index (χ1) is 6.79. The van der Waals surface area contributed by atoms with E-state index >= 15 is 0 Å². The third kappa shape index (κ3) is 2.54. The molecule has 0 aromatic carbocycles. The van der Waals surface area contributed by atoms with Crippen molar-refractivity contribution < 1.29 is 23.8 Å². The zero-order valence-corrected chi connectivity index (χ0v) is 7.74. The van der Waals surface area contributed by atoms with E-state index in [9.17, 15) is 9.59 Å². The zero-order chi connectivity index (χ0) is 10.4. The van der Waals surface area contributed by atoms with Crippen LogP contribution in [-0.2, 0) is 23.8 Å². The number of nitrogens with one attached hydrogen (secondary N) is 1. The summed E-state index contributed by atoms with van der Waals surface area (Å²) in [6.07, 6.45) is 0.560. The molecule has 0 spiro atoms. The Morgan fingerprint density at radius 2 is 2.36 bits per heavy atom. The number of methoxy groups -OCH3 is 1. The van der Waals surface area contributed by atoms with Crippen LogP contribution in [-0.4, -0.2) is 39.5 Å². The molecule has 1 rings (SSSR count). The quantitative estimate of drug-likeness (QED) is 0.464. The van der Waals surface area contributed by atoms with Crippen molar-refractivity contribution in [2.45, 2.75) is 0 Å². The molecule has 6 nitrogen and oxygen atoms in total. The van der Waals surface area contributed by atoms with Crippen molar-refractivity contribution in [2.24, 2.45) is 0 Å². The topological polar surface area (TPSA) is 73.9 Å². The normalized spacial score (nSPS) is 22.9. The molecule has 1 heterocycles. The minimum absolute atomic E-state index is 0.0287. The monoisotopic (exact) mass is 201 g/mol. The number of hydrogen-bond donors (Lipinski definition) is 1. The molecule has 1 aliphatic rings. The van der Waals surface area contributed by atoms with Crippen LogP contribution < -0.4 is 5.32 Å². The van der Waals surface area contributed by atoms with Gasteiger partial charge >= 0.3 is 5.97 Å². The number of aldehydes is 1. The van der Waals surface area contributed by atoms with Crippen LogP contribution in [0.2, 0.25) is 0 Å². The van der Waals surface area contributed by atoms with Crippen LogP contribution in [0.1, 0.15) is 0 Å². The van der Waals surface area contributed by atoms with E-state index in [0.717, 1.165) is 0 Å². The summed E-state index contributed by atoms with van der Waals surface area (Å²) in [6, 6.07) is 0. The molecule has 0 saturated carbocycles. The Labute approximate surface area is 80.8 Å². The number of carbonyl (C=O) groups excluding carboxylic acids is 2. The highest BCUT2D eigenvalue weighted by atomic mass is 16.7. The molecule has 1 N–H and O–H groups in total. The first-order valence-corrected chi connectivity index (χ1v) is 3.95. The Morgan fingerprint density at radius 3 is 3.00 bits per heavy atom. The number of carbonyl (C=O) groups is 2. The fourth-order valence-corrected chi connectivity index (χ4v) is 0.959. The first-order valence-electron chi connectivity index (χ1n) is 3.95. The first kappa shape index (κ1) is 10.7. The van der Waals surface area contributed by atoms with Gasteiger partial charge in [-0.15, -0.1) is 0 Å². The molecule has 0 radical (unpaired) electrons. The molecular formula is C8H11NO5. The van der Waals surface area contributed by atoms with Crippen molar-refractivity contribution in [2.75, 3.05) is 27.2 Å². The maximum atomic E-state index is 11.2. The Kier molecular flexibility index (Phi) is 4.09. The van der Waals surface area contributed by atoms with Gasteiger partial charge in [-0.2, -0.15) is 0 Å². The van der Waals surface area contributed by atoms with Gasteiger partial charge in [-0.25, -0.2) is 4.79 Å². The lowest BCUT2D eigenvalue weighted by atomic mass is 10.2. The molecule has 0 bridgehead atoms. The summed E-state index contributed by atoms with van der Waals surface area (Å²) in [4.78, 5) is 21.8. The Bertz CT molecular complexity index is 260. The number of hydrogen-bond acceptors (Lipinski definition) is 6. The fourth-order valence-electron chi connectivity index (χ4n) is 0.959. The molecule has 1 aliphatic heterocycles. The van der Waals surface area contributed by atoms with Crippen LogP contribution in [0.3, 0.4) is 0 Å². The fraction of sp³-hybridized carbons (Fsp3) is 0.500.